The molecule has 0 spiro atoms. The lowest BCUT2D eigenvalue weighted by atomic mass is 9.98. The first-order chi connectivity index (χ1) is 15.3. The number of amides is 1. The van der Waals surface area contributed by atoms with Gasteiger partial charge >= 0.3 is 6.18 Å². The highest BCUT2D eigenvalue weighted by Gasteiger charge is 2.35. The van der Waals surface area contributed by atoms with Gasteiger partial charge in [0.05, 0.1) is 23.2 Å². The van der Waals surface area contributed by atoms with E-state index in [9.17, 15) is 26.7 Å². The van der Waals surface area contributed by atoms with Gasteiger partial charge in [0, 0.05) is 42.9 Å². The monoisotopic (exact) mass is 483 g/mol. The molecule has 1 aliphatic heterocycles. The van der Waals surface area contributed by atoms with E-state index in [1.807, 2.05) is 0 Å². The normalized spacial score (nSPS) is 16.4. The number of halogens is 5. The van der Waals surface area contributed by atoms with Crippen molar-refractivity contribution in [2.24, 2.45) is 5.92 Å². The van der Waals surface area contributed by atoms with E-state index in [2.05, 4.69) is 27.9 Å². The van der Waals surface area contributed by atoms with Crippen molar-refractivity contribution < 1.29 is 26.7 Å². The second-order valence-corrected chi connectivity index (χ2v) is 8.25. The lowest BCUT2D eigenvalue weighted by Gasteiger charge is -2.22. The number of rotatable bonds is 5. The van der Waals surface area contributed by atoms with Gasteiger partial charge in [-0.15, -0.1) is 0 Å². The Morgan fingerprint density at radius 1 is 1.33 bits per heavy atom. The van der Waals surface area contributed by atoms with E-state index in [1.165, 1.54) is 21.5 Å². The Balaban J connectivity index is 2.25. The zero-order valence-corrected chi connectivity index (χ0v) is 18.5. The molecule has 2 aromatic heterocycles. The third-order valence-corrected chi connectivity index (χ3v) is 5.41. The molecule has 1 saturated heterocycles. The van der Waals surface area contributed by atoms with Crippen LogP contribution in [0.1, 0.15) is 24.5 Å². The van der Waals surface area contributed by atoms with Crippen molar-refractivity contribution in [3.8, 4) is 17.3 Å². The zero-order valence-electron chi connectivity index (χ0n) is 17.4. The van der Waals surface area contributed by atoms with Gasteiger partial charge in [0.25, 0.3) is 5.66 Å². The molecule has 3 heterocycles. The smallest absolute Gasteiger partial charge is 0.355 e. The van der Waals surface area contributed by atoms with Crippen molar-refractivity contribution in [3.05, 3.63) is 42.1 Å². The van der Waals surface area contributed by atoms with Crippen molar-refractivity contribution in [2.45, 2.75) is 25.2 Å². The summed E-state index contributed by atoms with van der Waals surface area (Å²) in [5, 5.41) is 11.4. The molecule has 0 bridgehead atoms. The molecule has 12 heteroatoms. The van der Waals surface area contributed by atoms with Crippen molar-refractivity contribution in [1.82, 2.24) is 9.97 Å². The molecule has 1 N–H and O–H groups in total. The number of anilines is 2. The molecule has 0 aromatic carbocycles. The van der Waals surface area contributed by atoms with E-state index >= 15 is 0 Å². The maximum Gasteiger partial charge on any atom is 0.416 e. The summed E-state index contributed by atoms with van der Waals surface area (Å²) < 4.78 is 69.4. The summed E-state index contributed by atoms with van der Waals surface area (Å²) in [6.07, 6.45) is -3.11. The van der Waals surface area contributed by atoms with Crippen molar-refractivity contribution >= 4 is 32.4 Å². The molecule has 0 aliphatic carbocycles. The first-order valence-corrected chi connectivity index (χ1v) is 10.3. The minimum absolute atomic E-state index is 0.0374. The first-order valence-electron chi connectivity index (χ1n) is 9.68. The van der Waals surface area contributed by atoms with E-state index in [0.29, 0.717) is 13.0 Å². The van der Waals surface area contributed by atoms with Gasteiger partial charge in [-0.25, -0.2) is 9.97 Å². The Hall–Kier alpha value is -3.12. The zero-order chi connectivity index (χ0) is 24.6. The summed E-state index contributed by atoms with van der Waals surface area (Å²) >= 11 is 0. The highest BCUT2D eigenvalue weighted by Crippen LogP contribution is 2.44. The predicted molar refractivity (Wildman–Crippen MR) is 116 cm³/mol. The van der Waals surface area contributed by atoms with Crippen molar-refractivity contribution in [3.63, 3.8) is 0 Å². The number of nitrogens with zero attached hydrogens (tertiary/aromatic N) is 4. The van der Waals surface area contributed by atoms with Crippen LogP contribution in [-0.4, -0.2) is 34.6 Å². The van der Waals surface area contributed by atoms with Gasteiger partial charge in [-0.2, -0.15) is 27.2 Å². The Bertz CT molecular complexity index is 1140. The molecule has 0 saturated carbocycles. The number of carbonyl (C=O) groups is 1. The van der Waals surface area contributed by atoms with Crippen LogP contribution in [-0.2, 0) is 11.0 Å². The molecule has 1 fully saturated rings. The number of allylic oxidation sites excluding steroid dienone is 1. The molecule has 1 aliphatic rings. The molecule has 6 nitrogen and oxygen atoms in total. The molecule has 33 heavy (non-hydrogen) atoms. The van der Waals surface area contributed by atoms with Crippen LogP contribution < -0.4 is 10.2 Å². The van der Waals surface area contributed by atoms with Gasteiger partial charge in [0.2, 0.25) is 5.91 Å². The fraction of sp³-hybridized carbons (Fsp3) is 0.333. The van der Waals surface area contributed by atoms with E-state index in [-0.39, 0.29) is 40.9 Å². The predicted octanol–water partition coefficient (Wildman–Crippen LogP) is 4.95. The van der Waals surface area contributed by atoms with Crippen LogP contribution >= 0.6 is 9.24 Å². The average Bonchev–Trinajstić information content (AvgIpc) is 3.20. The van der Waals surface area contributed by atoms with Gasteiger partial charge in [-0.3, -0.25) is 4.79 Å². The second kappa shape index (κ2) is 9.02. The number of pyridine rings is 2. The molecule has 0 radical (unpaired) electrons. The minimum Gasteiger partial charge on any atom is -0.355 e. The lowest BCUT2D eigenvalue weighted by molar-refractivity contribution is -0.137. The standard InChI is InChI=1S/C21H19F5N5OP/c1-11(21(25,26)33)18-15(3-5-28-19(18)29-12(2)32)16-7-14(20(22,23)24)8-17(30-16)31-6-4-13(9-27)10-31/h3,5,7-8,13H,1,4,6,10,33H2,2H3,(H,28,29,32). The number of aromatic nitrogens is 2. The first kappa shape index (κ1) is 24.5. The maximum absolute atomic E-state index is 14.2. The molecule has 2 aromatic rings. The Morgan fingerprint density at radius 2 is 2.03 bits per heavy atom. The van der Waals surface area contributed by atoms with Crippen LogP contribution in [0.25, 0.3) is 16.8 Å². The van der Waals surface area contributed by atoms with Crippen LogP contribution in [0, 0.1) is 17.2 Å². The number of hydrogen-bond acceptors (Lipinski definition) is 5. The van der Waals surface area contributed by atoms with Gasteiger partial charge < -0.3 is 10.2 Å². The van der Waals surface area contributed by atoms with Crippen LogP contribution in [0.15, 0.2) is 31.0 Å². The van der Waals surface area contributed by atoms with Crippen molar-refractivity contribution in [1.29, 1.82) is 5.26 Å². The number of nitrogens with one attached hydrogen (secondary N) is 1. The van der Waals surface area contributed by atoms with E-state index in [0.717, 1.165) is 19.1 Å². The Labute approximate surface area is 188 Å². The van der Waals surface area contributed by atoms with Crippen LogP contribution in [0.5, 0.6) is 0 Å². The van der Waals surface area contributed by atoms with Gasteiger partial charge in [-0.1, -0.05) is 15.8 Å². The summed E-state index contributed by atoms with van der Waals surface area (Å²) in [4.78, 5) is 21.3. The Kier molecular flexibility index (Phi) is 6.70. The number of nitriles is 1. The molecule has 2 unspecified atom stereocenters. The summed E-state index contributed by atoms with van der Waals surface area (Å²) in [5.74, 6) is -1.29. The lowest BCUT2D eigenvalue weighted by Crippen LogP contribution is -2.22. The molecule has 1 amide bonds. The molecule has 2 atom stereocenters. The SMILES string of the molecule is C=C(c1c(-c2cc(C(F)(F)F)cc(N3CCC(C#N)C3)n2)ccnc1NC(C)=O)C(F)(F)P. The van der Waals surface area contributed by atoms with E-state index < -0.39 is 28.9 Å². The minimum atomic E-state index is -4.74. The maximum atomic E-state index is 14.2. The second-order valence-electron chi connectivity index (χ2n) is 7.52. The largest absolute Gasteiger partial charge is 0.416 e. The fourth-order valence-corrected chi connectivity index (χ4v) is 3.61. The number of alkyl halides is 5. The third kappa shape index (κ3) is 5.45. The summed E-state index contributed by atoms with van der Waals surface area (Å²) in [7, 11) is 1.30. The third-order valence-electron chi connectivity index (χ3n) is 5.06. The average molecular weight is 483 g/mol. The molecule has 3 rings (SSSR count). The van der Waals surface area contributed by atoms with E-state index in [4.69, 9.17) is 5.26 Å². The summed E-state index contributed by atoms with van der Waals surface area (Å²) in [6.45, 7) is 5.04. The fourth-order valence-electron chi connectivity index (χ4n) is 3.46. The Morgan fingerprint density at radius 3 is 2.58 bits per heavy atom. The summed E-state index contributed by atoms with van der Waals surface area (Å²) in [5.41, 5.74) is -6.03. The van der Waals surface area contributed by atoms with Crippen LogP contribution in [0.3, 0.4) is 0 Å². The number of hydrogen-bond donors (Lipinski definition) is 1. The van der Waals surface area contributed by atoms with Crippen LogP contribution in [0.2, 0.25) is 0 Å². The van der Waals surface area contributed by atoms with E-state index in [1.54, 1.807) is 4.90 Å². The van der Waals surface area contributed by atoms with Crippen LogP contribution in [0.4, 0.5) is 33.6 Å². The van der Waals surface area contributed by atoms with Crippen molar-refractivity contribution in [2.75, 3.05) is 23.3 Å². The quantitative estimate of drug-likeness (QED) is 0.481. The van der Waals surface area contributed by atoms with Gasteiger partial charge in [0.1, 0.15) is 11.6 Å². The molecular weight excluding hydrogens is 464 g/mol. The topological polar surface area (TPSA) is 81.9 Å². The molecular formula is C21H19F5N5OP. The molecule has 174 valence electrons. The highest BCUT2D eigenvalue weighted by atomic mass is 31.0. The summed E-state index contributed by atoms with van der Waals surface area (Å²) in [6, 6.07) is 4.92. The number of carbonyl (C=O) groups excluding carboxylic acids is 1. The van der Waals surface area contributed by atoms with Gasteiger partial charge in [0.15, 0.2) is 0 Å². The van der Waals surface area contributed by atoms with Gasteiger partial charge in [-0.05, 0) is 24.6 Å². The highest BCUT2D eigenvalue weighted by molar-refractivity contribution is 7.19.